The van der Waals surface area contributed by atoms with Crippen LogP contribution in [-0.4, -0.2) is 54.0 Å². The van der Waals surface area contributed by atoms with Crippen LogP contribution in [0.1, 0.15) is 16.1 Å². The first-order chi connectivity index (χ1) is 10.1. The van der Waals surface area contributed by atoms with Crippen LogP contribution in [0.15, 0.2) is 18.3 Å². The molecule has 1 atom stereocenters. The Kier molecular flexibility index (Phi) is 4.87. The molecule has 7 nitrogen and oxygen atoms in total. The largest absolute Gasteiger partial charge is 0.377 e. The van der Waals surface area contributed by atoms with E-state index in [9.17, 15) is 9.59 Å². The highest BCUT2D eigenvalue weighted by atomic mass is 16.5. The Morgan fingerprint density at radius 1 is 1.48 bits per heavy atom. The van der Waals surface area contributed by atoms with Gasteiger partial charge >= 0.3 is 0 Å². The van der Waals surface area contributed by atoms with Gasteiger partial charge in [-0.05, 0) is 12.1 Å². The SMILES string of the molecule is NCC#Cc1ccc(C(=O)N2CCOCC2C(N)=O)nc1. The van der Waals surface area contributed by atoms with Crippen molar-refractivity contribution in [2.45, 2.75) is 6.04 Å². The van der Waals surface area contributed by atoms with Crippen LogP contribution >= 0.6 is 0 Å². The number of morpholine rings is 1. The number of nitrogens with zero attached hydrogens (tertiary/aromatic N) is 2. The number of hydrogen-bond acceptors (Lipinski definition) is 5. The zero-order chi connectivity index (χ0) is 15.2. The molecule has 1 aliphatic heterocycles. The van der Waals surface area contributed by atoms with Crippen LogP contribution in [0.4, 0.5) is 0 Å². The fourth-order valence-electron chi connectivity index (χ4n) is 1.98. The smallest absolute Gasteiger partial charge is 0.273 e. The summed E-state index contributed by atoms with van der Waals surface area (Å²) in [5.74, 6) is 4.59. The first kappa shape index (κ1) is 15.0. The maximum absolute atomic E-state index is 12.4. The summed E-state index contributed by atoms with van der Waals surface area (Å²) in [6.45, 7) is 1.05. The number of ether oxygens (including phenoxy) is 1. The van der Waals surface area contributed by atoms with E-state index in [0.29, 0.717) is 18.7 Å². The second-order valence-electron chi connectivity index (χ2n) is 4.43. The molecule has 0 bridgehead atoms. The summed E-state index contributed by atoms with van der Waals surface area (Å²) in [7, 11) is 0. The molecule has 0 aliphatic carbocycles. The molecule has 1 aromatic rings. The van der Waals surface area contributed by atoms with Gasteiger partial charge in [0.25, 0.3) is 5.91 Å². The van der Waals surface area contributed by atoms with E-state index in [1.54, 1.807) is 12.1 Å². The Morgan fingerprint density at radius 3 is 2.90 bits per heavy atom. The fourth-order valence-corrected chi connectivity index (χ4v) is 1.98. The normalized spacial score (nSPS) is 17.8. The average Bonchev–Trinajstić information content (AvgIpc) is 2.52. The van der Waals surface area contributed by atoms with Crippen LogP contribution < -0.4 is 11.5 Å². The standard InChI is InChI=1S/C14H16N4O3/c15-5-1-2-10-3-4-11(17-8-10)14(20)18-6-7-21-9-12(18)13(16)19/h3-4,8,12H,5-7,9,15H2,(H2,16,19). The summed E-state index contributed by atoms with van der Waals surface area (Å²) < 4.78 is 5.18. The van der Waals surface area contributed by atoms with Crippen molar-refractivity contribution in [3.05, 3.63) is 29.6 Å². The van der Waals surface area contributed by atoms with Crippen LogP contribution in [0.5, 0.6) is 0 Å². The summed E-state index contributed by atoms with van der Waals surface area (Å²) in [5, 5.41) is 0. The van der Waals surface area contributed by atoms with E-state index in [2.05, 4.69) is 16.8 Å². The lowest BCUT2D eigenvalue weighted by atomic mass is 10.2. The third-order valence-electron chi connectivity index (χ3n) is 3.04. The Bertz CT molecular complexity index is 588. The molecule has 110 valence electrons. The van der Waals surface area contributed by atoms with Crippen molar-refractivity contribution in [1.29, 1.82) is 0 Å². The van der Waals surface area contributed by atoms with Gasteiger partial charge in [0.1, 0.15) is 11.7 Å². The summed E-state index contributed by atoms with van der Waals surface area (Å²) in [6, 6.07) is 2.49. The molecule has 2 heterocycles. The maximum Gasteiger partial charge on any atom is 0.273 e. The zero-order valence-electron chi connectivity index (χ0n) is 11.4. The van der Waals surface area contributed by atoms with E-state index in [1.807, 2.05) is 0 Å². The van der Waals surface area contributed by atoms with Gasteiger partial charge in [-0.2, -0.15) is 0 Å². The second-order valence-corrected chi connectivity index (χ2v) is 4.43. The highest BCUT2D eigenvalue weighted by molar-refractivity contribution is 5.96. The molecule has 7 heteroatoms. The van der Waals surface area contributed by atoms with Gasteiger partial charge in [-0.3, -0.25) is 9.59 Å². The second kappa shape index (κ2) is 6.83. The summed E-state index contributed by atoms with van der Waals surface area (Å²) >= 11 is 0. The highest BCUT2D eigenvalue weighted by Gasteiger charge is 2.32. The number of carbonyl (C=O) groups is 2. The minimum absolute atomic E-state index is 0.112. The van der Waals surface area contributed by atoms with Gasteiger partial charge in [0.05, 0.1) is 19.8 Å². The van der Waals surface area contributed by atoms with E-state index in [-0.39, 0.29) is 24.8 Å². The third-order valence-corrected chi connectivity index (χ3v) is 3.04. The van der Waals surface area contributed by atoms with Crippen molar-refractivity contribution in [3.63, 3.8) is 0 Å². The first-order valence-electron chi connectivity index (χ1n) is 6.46. The maximum atomic E-state index is 12.4. The molecule has 1 fully saturated rings. The number of pyridine rings is 1. The Labute approximate surface area is 122 Å². The predicted molar refractivity (Wildman–Crippen MR) is 75.0 cm³/mol. The molecule has 4 N–H and O–H groups in total. The molecule has 21 heavy (non-hydrogen) atoms. The molecule has 1 saturated heterocycles. The lowest BCUT2D eigenvalue weighted by Crippen LogP contribution is -2.54. The van der Waals surface area contributed by atoms with Crippen molar-refractivity contribution in [2.75, 3.05) is 26.3 Å². The van der Waals surface area contributed by atoms with Crippen molar-refractivity contribution in [3.8, 4) is 11.8 Å². The van der Waals surface area contributed by atoms with Crippen LogP contribution in [0.2, 0.25) is 0 Å². The van der Waals surface area contributed by atoms with Crippen LogP contribution in [0.25, 0.3) is 0 Å². The van der Waals surface area contributed by atoms with E-state index < -0.39 is 11.9 Å². The number of carbonyl (C=O) groups excluding carboxylic acids is 2. The van der Waals surface area contributed by atoms with Gasteiger partial charge in [0.2, 0.25) is 5.91 Å². The number of nitrogens with two attached hydrogens (primary N) is 2. The molecular formula is C14H16N4O3. The Balaban J connectivity index is 2.16. The van der Waals surface area contributed by atoms with Crippen molar-refractivity contribution in [1.82, 2.24) is 9.88 Å². The number of primary amides is 1. The molecule has 1 aliphatic rings. The predicted octanol–water partition coefficient (Wildman–Crippen LogP) is -1.28. The number of hydrogen-bond donors (Lipinski definition) is 2. The van der Waals surface area contributed by atoms with E-state index in [0.717, 1.165) is 0 Å². The van der Waals surface area contributed by atoms with Gasteiger partial charge in [0.15, 0.2) is 0 Å². The third kappa shape index (κ3) is 3.56. The Morgan fingerprint density at radius 2 is 2.29 bits per heavy atom. The van der Waals surface area contributed by atoms with E-state index in [1.165, 1.54) is 11.1 Å². The van der Waals surface area contributed by atoms with Crippen LogP contribution in [0, 0.1) is 11.8 Å². The van der Waals surface area contributed by atoms with Crippen molar-refractivity contribution in [2.24, 2.45) is 11.5 Å². The number of rotatable bonds is 2. The molecule has 0 spiro atoms. The first-order valence-corrected chi connectivity index (χ1v) is 6.46. The van der Waals surface area contributed by atoms with Gasteiger partial charge < -0.3 is 21.1 Å². The minimum atomic E-state index is -0.759. The highest BCUT2D eigenvalue weighted by Crippen LogP contribution is 2.11. The van der Waals surface area contributed by atoms with Gasteiger partial charge in [-0.1, -0.05) is 11.8 Å². The minimum Gasteiger partial charge on any atom is -0.377 e. The van der Waals surface area contributed by atoms with Crippen molar-refractivity contribution >= 4 is 11.8 Å². The summed E-state index contributed by atoms with van der Waals surface area (Å²) in [5.41, 5.74) is 11.5. The molecule has 1 unspecified atom stereocenters. The number of aromatic nitrogens is 1. The van der Waals surface area contributed by atoms with Gasteiger partial charge in [-0.15, -0.1) is 0 Å². The molecule has 2 amide bonds. The monoisotopic (exact) mass is 288 g/mol. The number of amides is 2. The van der Waals surface area contributed by atoms with Crippen LogP contribution in [-0.2, 0) is 9.53 Å². The van der Waals surface area contributed by atoms with E-state index >= 15 is 0 Å². The van der Waals surface area contributed by atoms with Gasteiger partial charge in [0, 0.05) is 18.3 Å². The van der Waals surface area contributed by atoms with Crippen LogP contribution in [0.3, 0.4) is 0 Å². The molecule has 0 saturated carbocycles. The Hall–Kier alpha value is -2.43. The molecular weight excluding hydrogens is 272 g/mol. The summed E-state index contributed by atoms with van der Waals surface area (Å²) in [4.78, 5) is 29.2. The quantitative estimate of drug-likeness (QED) is 0.658. The van der Waals surface area contributed by atoms with E-state index in [4.69, 9.17) is 16.2 Å². The lowest BCUT2D eigenvalue weighted by Gasteiger charge is -2.33. The van der Waals surface area contributed by atoms with Gasteiger partial charge in [-0.25, -0.2) is 4.98 Å². The van der Waals surface area contributed by atoms with Crippen molar-refractivity contribution < 1.29 is 14.3 Å². The topological polar surface area (TPSA) is 112 Å². The molecule has 0 radical (unpaired) electrons. The lowest BCUT2D eigenvalue weighted by molar-refractivity contribution is -0.127. The average molecular weight is 288 g/mol. The molecule has 0 aromatic carbocycles. The summed E-state index contributed by atoms with van der Waals surface area (Å²) in [6.07, 6.45) is 1.50. The fraction of sp³-hybridized carbons (Fsp3) is 0.357. The molecule has 2 rings (SSSR count). The molecule has 1 aromatic heterocycles. The zero-order valence-corrected chi connectivity index (χ0v) is 11.4.